The largest absolute Gasteiger partial charge is 0.394 e. The van der Waals surface area contributed by atoms with Gasteiger partial charge in [-0.05, 0) is 25.7 Å². The summed E-state index contributed by atoms with van der Waals surface area (Å²) in [5.74, 6) is -0.286. The normalized spacial score (nSPS) is 30.4. The van der Waals surface area contributed by atoms with Gasteiger partial charge in [0.25, 0.3) is 0 Å². The number of rotatable bonds is 46. The molecule has 3 rings (SSSR count). The number of aliphatic hydroxyl groups excluding tert-OH is 11. The van der Waals surface area contributed by atoms with Crippen LogP contribution in [0.1, 0.15) is 219 Å². The van der Waals surface area contributed by atoms with Gasteiger partial charge in [0.2, 0.25) is 5.91 Å². The van der Waals surface area contributed by atoms with Crippen molar-refractivity contribution in [1.82, 2.24) is 5.32 Å². The van der Waals surface area contributed by atoms with E-state index in [-0.39, 0.29) is 18.9 Å². The maximum absolute atomic E-state index is 13.3. The summed E-state index contributed by atoms with van der Waals surface area (Å²) in [5, 5.41) is 120. The van der Waals surface area contributed by atoms with E-state index < -0.39 is 124 Å². The van der Waals surface area contributed by atoms with Gasteiger partial charge in [0.15, 0.2) is 18.9 Å². The molecule has 0 aliphatic carbocycles. The van der Waals surface area contributed by atoms with E-state index in [9.17, 15) is 61.0 Å². The zero-order chi connectivity index (χ0) is 57.6. The lowest BCUT2D eigenvalue weighted by atomic mass is 9.96. The van der Waals surface area contributed by atoms with Crippen molar-refractivity contribution in [3.8, 4) is 0 Å². The Balaban J connectivity index is 1.39. The number of aliphatic hydroxyl groups is 11. The molecule has 0 aromatic heterocycles. The maximum Gasteiger partial charge on any atom is 0.220 e. The molecule has 19 heteroatoms. The molecule has 3 saturated heterocycles. The number of hydrogen-bond donors (Lipinski definition) is 12. The van der Waals surface area contributed by atoms with Crippen LogP contribution in [0.2, 0.25) is 0 Å². The van der Waals surface area contributed by atoms with Crippen molar-refractivity contribution in [1.29, 1.82) is 0 Å². The molecule has 0 aromatic carbocycles. The lowest BCUT2D eigenvalue weighted by molar-refractivity contribution is -0.379. The molecule has 17 unspecified atom stereocenters. The Morgan fingerprint density at radius 1 is 0.443 bits per heavy atom. The van der Waals surface area contributed by atoms with E-state index in [1.54, 1.807) is 6.08 Å². The Bertz CT molecular complexity index is 1540. The summed E-state index contributed by atoms with van der Waals surface area (Å²) < 4.78 is 34.1. The molecule has 0 bridgehead atoms. The van der Waals surface area contributed by atoms with Crippen LogP contribution in [0.5, 0.6) is 0 Å². The van der Waals surface area contributed by atoms with E-state index in [2.05, 4.69) is 31.3 Å². The summed E-state index contributed by atoms with van der Waals surface area (Å²) in [7, 11) is 0. The minimum Gasteiger partial charge on any atom is -0.394 e. The maximum atomic E-state index is 13.3. The first kappa shape index (κ1) is 71.5. The van der Waals surface area contributed by atoms with Crippen molar-refractivity contribution in [2.75, 3.05) is 26.4 Å². The first-order valence-electron chi connectivity index (χ1n) is 31.1. The first-order valence-corrected chi connectivity index (χ1v) is 31.1. The molecule has 19 nitrogen and oxygen atoms in total. The zero-order valence-corrected chi connectivity index (χ0v) is 48.4. The predicted molar refractivity (Wildman–Crippen MR) is 300 cm³/mol. The van der Waals surface area contributed by atoms with E-state index in [1.807, 2.05) is 6.08 Å². The van der Waals surface area contributed by atoms with Gasteiger partial charge in [-0.2, -0.15) is 0 Å². The summed E-state index contributed by atoms with van der Waals surface area (Å²) in [6.07, 6.45) is 19.3. The van der Waals surface area contributed by atoms with E-state index in [0.717, 1.165) is 44.9 Å². The Morgan fingerprint density at radius 2 is 0.810 bits per heavy atom. The minimum atomic E-state index is -1.98. The predicted octanol–water partition coefficient (Wildman–Crippen LogP) is 5.93. The minimum absolute atomic E-state index is 0.239. The molecule has 3 aliphatic rings. The lowest BCUT2D eigenvalue weighted by Gasteiger charge is -2.48. The topological polar surface area (TPSA) is 307 Å². The Hall–Kier alpha value is -1.73. The Labute approximate surface area is 473 Å². The van der Waals surface area contributed by atoms with Crippen LogP contribution < -0.4 is 5.32 Å². The van der Waals surface area contributed by atoms with Crippen LogP contribution in [0.15, 0.2) is 24.3 Å². The monoisotopic (exact) mass is 1130 g/mol. The third-order valence-corrected chi connectivity index (χ3v) is 15.8. The molecule has 3 fully saturated rings. The Kier molecular flexibility index (Phi) is 39.7. The van der Waals surface area contributed by atoms with Gasteiger partial charge in [0.05, 0.1) is 38.6 Å². The van der Waals surface area contributed by atoms with Gasteiger partial charge in [0.1, 0.15) is 73.2 Å². The molecule has 0 aromatic rings. The van der Waals surface area contributed by atoms with E-state index >= 15 is 0 Å². The summed E-state index contributed by atoms with van der Waals surface area (Å²) in [6, 6.07) is -0.983. The second-order valence-electron chi connectivity index (χ2n) is 22.5. The number of hydrogen-bond acceptors (Lipinski definition) is 18. The molecule has 0 saturated carbocycles. The van der Waals surface area contributed by atoms with E-state index in [4.69, 9.17) is 28.4 Å². The lowest BCUT2D eigenvalue weighted by Crippen LogP contribution is -2.66. The van der Waals surface area contributed by atoms with Gasteiger partial charge in [-0.15, -0.1) is 0 Å². The highest BCUT2D eigenvalue weighted by molar-refractivity contribution is 5.76. The second kappa shape index (κ2) is 43.8. The molecule has 3 heterocycles. The van der Waals surface area contributed by atoms with Crippen molar-refractivity contribution >= 4 is 5.91 Å². The highest BCUT2D eigenvalue weighted by atomic mass is 16.8. The fourth-order valence-electron chi connectivity index (χ4n) is 10.6. The quantitative estimate of drug-likeness (QED) is 0.0248. The molecular formula is C60H111NO18. The van der Waals surface area contributed by atoms with Crippen LogP contribution in [-0.2, 0) is 33.2 Å². The van der Waals surface area contributed by atoms with E-state index in [0.29, 0.717) is 12.8 Å². The average Bonchev–Trinajstić information content (AvgIpc) is 3.50. The molecule has 1 amide bonds. The zero-order valence-electron chi connectivity index (χ0n) is 48.4. The summed E-state index contributed by atoms with van der Waals surface area (Å²) in [5.41, 5.74) is 0. The summed E-state index contributed by atoms with van der Waals surface area (Å²) >= 11 is 0. The number of amides is 1. The van der Waals surface area contributed by atoms with Crippen LogP contribution in [0.25, 0.3) is 0 Å². The fraction of sp³-hybridized carbons (Fsp3) is 0.917. The van der Waals surface area contributed by atoms with Crippen molar-refractivity contribution < 1.29 is 89.4 Å². The molecule has 3 aliphatic heterocycles. The molecule has 464 valence electrons. The van der Waals surface area contributed by atoms with Crippen molar-refractivity contribution in [3.63, 3.8) is 0 Å². The third kappa shape index (κ3) is 27.7. The fourth-order valence-corrected chi connectivity index (χ4v) is 10.6. The van der Waals surface area contributed by atoms with Gasteiger partial charge in [-0.25, -0.2) is 0 Å². The van der Waals surface area contributed by atoms with Crippen molar-refractivity contribution in [3.05, 3.63) is 24.3 Å². The average molecular weight is 1130 g/mol. The van der Waals surface area contributed by atoms with Crippen LogP contribution in [0.4, 0.5) is 0 Å². The molecule has 79 heavy (non-hydrogen) atoms. The Morgan fingerprint density at radius 3 is 1.25 bits per heavy atom. The number of ether oxygens (including phenoxy) is 6. The molecule has 0 spiro atoms. The van der Waals surface area contributed by atoms with Gasteiger partial charge in [-0.3, -0.25) is 4.79 Å². The van der Waals surface area contributed by atoms with Gasteiger partial charge in [0, 0.05) is 6.42 Å². The third-order valence-electron chi connectivity index (χ3n) is 15.8. The van der Waals surface area contributed by atoms with Gasteiger partial charge < -0.3 is 89.9 Å². The summed E-state index contributed by atoms with van der Waals surface area (Å²) in [6.45, 7) is 1.63. The molecular weight excluding hydrogens is 1020 g/mol. The number of carbonyl (C=O) groups excluding carboxylic acids is 1. The van der Waals surface area contributed by atoms with E-state index in [1.165, 1.54) is 141 Å². The molecule has 12 N–H and O–H groups in total. The second-order valence-corrected chi connectivity index (χ2v) is 22.5. The first-order chi connectivity index (χ1) is 38.3. The smallest absolute Gasteiger partial charge is 0.220 e. The number of unbranched alkanes of at least 4 members (excludes halogenated alkanes) is 28. The van der Waals surface area contributed by atoms with Crippen LogP contribution >= 0.6 is 0 Å². The van der Waals surface area contributed by atoms with Gasteiger partial charge in [-0.1, -0.05) is 212 Å². The highest BCUT2D eigenvalue weighted by Crippen LogP contribution is 2.33. The van der Waals surface area contributed by atoms with Crippen LogP contribution in [0, 0.1) is 0 Å². The van der Waals surface area contributed by atoms with Gasteiger partial charge >= 0.3 is 0 Å². The SMILES string of the molecule is CCCC/C=C/CC/C=C/C(O)C(COC1OC(CO)C(OC2OC(CO)C(OC3OC(CO)C(O)C(O)C3O)C(O)C2O)C(O)C1O)NC(=O)CCCCCCCCCCCCCCCCCCCCCCCCCCCC. The van der Waals surface area contributed by atoms with Crippen LogP contribution in [0.3, 0.4) is 0 Å². The highest BCUT2D eigenvalue weighted by Gasteiger charge is 2.53. The van der Waals surface area contributed by atoms with Crippen LogP contribution in [-0.4, -0.2) is 193 Å². The van der Waals surface area contributed by atoms with Crippen molar-refractivity contribution in [2.24, 2.45) is 0 Å². The molecule has 0 radical (unpaired) electrons. The standard InChI is InChI=1S/C60H111NO18/c1-3-5-7-9-11-13-14-15-16-17-18-19-20-21-22-23-24-25-26-27-28-29-30-32-34-36-38-48(66)61-43(44(65)37-35-33-31-12-10-8-6-4-2)42-74-58-54(72)51(69)56(46(40-63)76-58)79-60-55(73)52(70)57(47(41-64)77-60)78-59-53(71)50(68)49(67)45(39-62)75-59/h10,12,35,37,43-47,49-60,62-65,67-73H,3-9,11,13-34,36,38-42H2,1-2H3,(H,61,66)/b12-10+,37-35+. The summed E-state index contributed by atoms with van der Waals surface area (Å²) in [4.78, 5) is 13.3. The number of carbonyl (C=O) groups is 1. The number of nitrogens with one attached hydrogen (secondary N) is 1. The van der Waals surface area contributed by atoms with Crippen molar-refractivity contribution in [2.45, 2.75) is 324 Å². The number of allylic oxidation sites excluding steroid dienone is 3. The molecule has 17 atom stereocenters.